The minimum atomic E-state index is -0.427. The summed E-state index contributed by atoms with van der Waals surface area (Å²) < 4.78 is 11.5. The van der Waals surface area contributed by atoms with E-state index in [4.69, 9.17) is 9.47 Å². The van der Waals surface area contributed by atoms with Gasteiger partial charge in [0.15, 0.2) is 17.3 Å². The van der Waals surface area contributed by atoms with Gasteiger partial charge in [0.1, 0.15) is 23.0 Å². The molecule has 0 radical (unpaired) electrons. The van der Waals surface area contributed by atoms with E-state index in [0.29, 0.717) is 38.9 Å². The van der Waals surface area contributed by atoms with Crippen LogP contribution in [0.25, 0.3) is 22.3 Å². The van der Waals surface area contributed by atoms with Crippen molar-refractivity contribution in [2.45, 2.75) is 0 Å². The highest BCUT2D eigenvalue weighted by molar-refractivity contribution is 6.17. The average Bonchev–Trinajstić information content (AvgIpc) is 3.14. The lowest BCUT2D eigenvalue weighted by molar-refractivity contribution is 0.102. The Kier molecular flexibility index (Phi) is 8.85. The van der Waals surface area contributed by atoms with Gasteiger partial charge in [0.25, 0.3) is 0 Å². The molecule has 0 aliphatic heterocycles. The molecule has 0 atom stereocenters. The van der Waals surface area contributed by atoms with Crippen molar-refractivity contribution in [3.05, 3.63) is 167 Å². The monoisotopic (exact) mass is 634 g/mol. The zero-order chi connectivity index (χ0) is 33.8. The molecule has 0 fully saturated rings. The molecule has 48 heavy (non-hydrogen) atoms. The molecule has 6 aromatic carbocycles. The van der Waals surface area contributed by atoms with Gasteiger partial charge >= 0.3 is 0 Å². The molecule has 0 saturated carbocycles. The number of benzene rings is 6. The zero-order valence-electron chi connectivity index (χ0n) is 26.1. The van der Waals surface area contributed by atoms with Crippen LogP contribution in [-0.2, 0) is 0 Å². The van der Waals surface area contributed by atoms with Gasteiger partial charge in [0.05, 0.1) is 25.3 Å². The molecule has 7 nitrogen and oxygen atoms in total. The van der Waals surface area contributed by atoms with Gasteiger partial charge in [-0.15, -0.1) is 0 Å². The van der Waals surface area contributed by atoms with Gasteiger partial charge < -0.3 is 19.7 Å². The third-order valence-corrected chi connectivity index (χ3v) is 8.10. The summed E-state index contributed by atoms with van der Waals surface area (Å²) in [5, 5.41) is 22.0. The van der Waals surface area contributed by atoms with Crippen LogP contribution in [0.5, 0.6) is 23.0 Å². The largest absolute Gasteiger partial charge is 0.507 e. The Morgan fingerprint density at radius 3 is 1.27 bits per heavy atom. The van der Waals surface area contributed by atoms with Crippen molar-refractivity contribution in [2.75, 3.05) is 14.2 Å². The maximum Gasteiger partial charge on any atom is 0.196 e. The first kappa shape index (κ1) is 31.5. The van der Waals surface area contributed by atoms with Crippen LogP contribution >= 0.6 is 0 Å². The maximum atomic E-state index is 14.2. The van der Waals surface area contributed by atoms with Crippen molar-refractivity contribution in [3.63, 3.8) is 0 Å². The first-order valence-corrected chi connectivity index (χ1v) is 15.1. The molecule has 6 rings (SSSR count). The molecule has 2 N–H and O–H groups in total. The van der Waals surface area contributed by atoms with Crippen LogP contribution in [0.2, 0.25) is 0 Å². The Bertz CT molecular complexity index is 2160. The van der Waals surface area contributed by atoms with Gasteiger partial charge in [-0.1, -0.05) is 109 Å². The number of aromatic hydroxyl groups is 2. The van der Waals surface area contributed by atoms with E-state index in [1.165, 1.54) is 38.5 Å². The number of methoxy groups -OCH3 is 2. The summed E-state index contributed by atoms with van der Waals surface area (Å²) in [6.07, 6.45) is 0. The van der Waals surface area contributed by atoms with Crippen LogP contribution in [0.15, 0.2) is 133 Å². The van der Waals surface area contributed by atoms with E-state index in [-0.39, 0.29) is 45.5 Å². The van der Waals surface area contributed by atoms with Gasteiger partial charge in [0, 0.05) is 51.1 Å². The fraction of sp³-hybridized carbons (Fsp3) is 0.0488. The van der Waals surface area contributed by atoms with Crippen molar-refractivity contribution < 1.29 is 34.1 Å². The minimum Gasteiger partial charge on any atom is -0.507 e. The summed E-state index contributed by atoms with van der Waals surface area (Å²) in [6.45, 7) is 0. The minimum absolute atomic E-state index is 0.00234. The fourth-order valence-electron chi connectivity index (χ4n) is 5.74. The summed E-state index contributed by atoms with van der Waals surface area (Å²) in [5.41, 5.74) is 3.03. The van der Waals surface area contributed by atoms with E-state index in [0.717, 1.165) is 0 Å². The Morgan fingerprint density at radius 1 is 0.438 bits per heavy atom. The number of hydrogen-bond acceptors (Lipinski definition) is 7. The molecule has 0 heterocycles. The lowest BCUT2D eigenvalue weighted by Gasteiger charge is -2.21. The molecule has 236 valence electrons. The number of hydrogen-bond donors (Lipinski definition) is 2. The van der Waals surface area contributed by atoms with Crippen LogP contribution in [0.1, 0.15) is 47.8 Å². The molecule has 0 aromatic heterocycles. The van der Waals surface area contributed by atoms with Gasteiger partial charge in [-0.05, 0) is 17.7 Å². The summed E-state index contributed by atoms with van der Waals surface area (Å²) in [5.74, 6) is -1.28. The van der Waals surface area contributed by atoms with E-state index in [1.807, 2.05) is 6.07 Å². The van der Waals surface area contributed by atoms with Gasteiger partial charge in [-0.25, -0.2) is 0 Å². The molecule has 0 unspecified atom stereocenters. The smallest absolute Gasteiger partial charge is 0.196 e. The Balaban J connectivity index is 1.66. The first-order chi connectivity index (χ1) is 23.3. The predicted molar refractivity (Wildman–Crippen MR) is 183 cm³/mol. The third-order valence-electron chi connectivity index (χ3n) is 8.10. The Hall–Kier alpha value is -6.47. The summed E-state index contributed by atoms with van der Waals surface area (Å²) in [4.78, 5) is 41.5. The molecular formula is C41H30O7. The maximum absolute atomic E-state index is 14.2. The van der Waals surface area contributed by atoms with Crippen LogP contribution in [0.3, 0.4) is 0 Å². The molecule has 7 heteroatoms. The molecule has 0 amide bonds. The second-order valence-electron chi connectivity index (χ2n) is 11.0. The lowest BCUT2D eigenvalue weighted by atomic mass is 9.84. The number of ether oxygens (including phenoxy) is 2. The quantitative estimate of drug-likeness (QED) is 0.146. The standard InChI is InChI=1S/C41H30O7/c1-47-36-23-34(42)31(40(45)26-15-8-4-9-16-26)21-30(36)28-19-12-20-29(39(44)25-13-6-3-7-14-25)38(28)33-22-32(35(43)24-37(33)48-2)41(46)27-17-10-5-11-18-27/h3-24,42-43H,1-2H3. The van der Waals surface area contributed by atoms with E-state index in [1.54, 1.807) is 103 Å². The van der Waals surface area contributed by atoms with Gasteiger partial charge in [0.2, 0.25) is 0 Å². The van der Waals surface area contributed by atoms with Crippen LogP contribution in [0.4, 0.5) is 0 Å². The predicted octanol–water partition coefficient (Wildman–Crippen LogP) is 8.14. The van der Waals surface area contributed by atoms with Crippen molar-refractivity contribution in [2.24, 2.45) is 0 Å². The van der Waals surface area contributed by atoms with Crippen molar-refractivity contribution in [1.82, 2.24) is 0 Å². The zero-order valence-corrected chi connectivity index (χ0v) is 26.1. The fourth-order valence-corrected chi connectivity index (χ4v) is 5.74. The number of rotatable bonds is 10. The second kappa shape index (κ2) is 13.5. The molecule has 0 spiro atoms. The summed E-state index contributed by atoms with van der Waals surface area (Å²) in [6, 6.07) is 36.7. The highest BCUT2D eigenvalue weighted by atomic mass is 16.5. The highest BCUT2D eigenvalue weighted by Gasteiger charge is 2.27. The Morgan fingerprint density at radius 2 is 0.833 bits per heavy atom. The highest BCUT2D eigenvalue weighted by Crippen LogP contribution is 2.46. The van der Waals surface area contributed by atoms with Crippen molar-refractivity contribution in [1.29, 1.82) is 0 Å². The first-order valence-electron chi connectivity index (χ1n) is 15.1. The van der Waals surface area contributed by atoms with Gasteiger partial charge in [-0.3, -0.25) is 14.4 Å². The number of carbonyl (C=O) groups is 3. The lowest BCUT2D eigenvalue weighted by Crippen LogP contribution is -2.08. The Labute approximate surface area is 277 Å². The average molecular weight is 635 g/mol. The third kappa shape index (κ3) is 5.92. The van der Waals surface area contributed by atoms with E-state index in [2.05, 4.69) is 0 Å². The second-order valence-corrected chi connectivity index (χ2v) is 11.0. The van der Waals surface area contributed by atoms with Crippen molar-refractivity contribution in [3.8, 4) is 45.3 Å². The topological polar surface area (TPSA) is 110 Å². The summed E-state index contributed by atoms with van der Waals surface area (Å²) in [7, 11) is 2.86. The number of carbonyl (C=O) groups excluding carboxylic acids is 3. The van der Waals surface area contributed by atoms with E-state index < -0.39 is 11.6 Å². The molecule has 0 aliphatic rings. The molecule has 0 aliphatic carbocycles. The normalized spacial score (nSPS) is 10.7. The molecule has 0 saturated heterocycles. The van der Waals surface area contributed by atoms with E-state index in [9.17, 15) is 24.6 Å². The summed E-state index contributed by atoms with van der Waals surface area (Å²) >= 11 is 0. The molecular weight excluding hydrogens is 604 g/mol. The van der Waals surface area contributed by atoms with E-state index >= 15 is 0 Å². The van der Waals surface area contributed by atoms with Crippen LogP contribution in [-0.4, -0.2) is 41.8 Å². The van der Waals surface area contributed by atoms with Crippen LogP contribution in [0, 0.1) is 0 Å². The van der Waals surface area contributed by atoms with Crippen molar-refractivity contribution >= 4 is 17.3 Å². The van der Waals surface area contributed by atoms with Crippen LogP contribution < -0.4 is 9.47 Å². The number of phenolic OH excluding ortho intramolecular Hbond substituents is 2. The molecule has 6 aromatic rings. The van der Waals surface area contributed by atoms with Gasteiger partial charge in [-0.2, -0.15) is 0 Å². The SMILES string of the molecule is COc1cc(O)c(C(=O)c2ccccc2)cc1-c1cccc(C(=O)c2ccccc2)c1-c1cc(C(=O)c2ccccc2)c(O)cc1OC. The number of ketones is 3. The molecule has 0 bridgehead atoms. The number of phenols is 2.